The molecule has 1 aliphatic rings. The van der Waals surface area contributed by atoms with Crippen molar-refractivity contribution in [2.75, 3.05) is 18.5 Å². The molecule has 0 saturated carbocycles. The predicted molar refractivity (Wildman–Crippen MR) is 157 cm³/mol. The Morgan fingerprint density at radius 1 is 1.03 bits per heavy atom. The van der Waals surface area contributed by atoms with Crippen molar-refractivity contribution in [3.63, 3.8) is 0 Å². The number of nitrogens with zero attached hydrogens (tertiary/aromatic N) is 1. The quantitative estimate of drug-likeness (QED) is 0.0665. The SMILES string of the molecule is CCCCCCCCCCCCC/C=C/[C@@H]1OC(C)(C)N(C(=O)OC(C)(C)C)[C@H]1COP(=O)(O)OCCBr. The summed E-state index contributed by atoms with van der Waals surface area (Å²) < 4.78 is 34.3. The van der Waals surface area contributed by atoms with Crippen LogP contribution in [0.1, 0.15) is 119 Å². The first kappa shape index (κ1) is 35.6. The fraction of sp³-hybridized carbons (Fsp3) is 0.893. The second-order valence-electron chi connectivity index (χ2n) is 11.5. The van der Waals surface area contributed by atoms with Gasteiger partial charge in [-0.2, -0.15) is 0 Å². The summed E-state index contributed by atoms with van der Waals surface area (Å²) in [7, 11) is -4.28. The van der Waals surface area contributed by atoms with Gasteiger partial charge in [-0.1, -0.05) is 99.2 Å². The van der Waals surface area contributed by atoms with E-state index in [2.05, 4.69) is 28.9 Å². The molecule has 10 heteroatoms. The zero-order valence-electron chi connectivity index (χ0n) is 24.6. The third-order valence-corrected chi connectivity index (χ3v) is 7.65. The number of hydrogen-bond acceptors (Lipinski definition) is 6. The summed E-state index contributed by atoms with van der Waals surface area (Å²) in [5, 5.41) is 0.398. The zero-order valence-corrected chi connectivity index (χ0v) is 27.1. The number of ether oxygens (including phenoxy) is 2. The van der Waals surface area contributed by atoms with Crippen molar-refractivity contribution in [2.45, 2.75) is 142 Å². The molecule has 0 aromatic carbocycles. The molecular weight excluding hydrogens is 573 g/mol. The minimum Gasteiger partial charge on any atom is -0.444 e. The highest BCUT2D eigenvalue weighted by Gasteiger charge is 2.51. The maximum atomic E-state index is 13.1. The van der Waals surface area contributed by atoms with Crippen LogP contribution in [0, 0.1) is 0 Å². The maximum absolute atomic E-state index is 13.1. The maximum Gasteiger partial charge on any atom is 0.472 e. The standard InChI is InChI=1S/C28H53BrNO7P/c1-7-8-9-10-11-12-13-14-15-16-17-18-19-20-25-24(23-35-38(32,33)34-22-21-29)30(28(5,6)36-25)26(31)37-27(2,3)4/h19-20,24-25H,7-18,21-23H2,1-6H3,(H,32,33)/b20-19+/t24-,25-/m0/s1. The van der Waals surface area contributed by atoms with Crippen LogP contribution in [-0.4, -0.2) is 57.9 Å². The van der Waals surface area contributed by atoms with E-state index in [4.69, 9.17) is 18.5 Å². The van der Waals surface area contributed by atoms with Gasteiger partial charge in [0.2, 0.25) is 0 Å². The van der Waals surface area contributed by atoms with Gasteiger partial charge >= 0.3 is 13.9 Å². The largest absolute Gasteiger partial charge is 0.472 e. The number of allylic oxidation sites excluding steroid dienone is 1. The molecule has 1 amide bonds. The first-order chi connectivity index (χ1) is 17.8. The van der Waals surface area contributed by atoms with Gasteiger partial charge in [-0.25, -0.2) is 9.36 Å². The first-order valence-corrected chi connectivity index (χ1v) is 17.0. The Kier molecular flexibility index (Phi) is 16.9. The Labute approximate surface area is 239 Å². The van der Waals surface area contributed by atoms with Gasteiger partial charge in [0, 0.05) is 5.33 Å². The highest BCUT2D eigenvalue weighted by molar-refractivity contribution is 9.09. The Bertz CT molecular complexity index is 741. The van der Waals surface area contributed by atoms with Gasteiger partial charge < -0.3 is 14.4 Å². The van der Waals surface area contributed by atoms with E-state index in [1.165, 1.54) is 69.1 Å². The molecule has 1 rings (SSSR count). The van der Waals surface area contributed by atoms with Crippen molar-refractivity contribution in [1.82, 2.24) is 4.90 Å². The summed E-state index contributed by atoms with van der Waals surface area (Å²) in [5.74, 6) is 0. The van der Waals surface area contributed by atoms with E-state index in [1.54, 1.807) is 34.6 Å². The van der Waals surface area contributed by atoms with Gasteiger partial charge in [-0.05, 0) is 47.5 Å². The van der Waals surface area contributed by atoms with Crippen LogP contribution in [0.25, 0.3) is 0 Å². The molecule has 0 spiro atoms. The molecular formula is C28H53BrNO7P. The molecule has 1 aliphatic heterocycles. The molecule has 0 aromatic heterocycles. The van der Waals surface area contributed by atoms with Crippen LogP contribution in [0.4, 0.5) is 4.79 Å². The minimum atomic E-state index is -4.28. The molecule has 8 nitrogen and oxygen atoms in total. The van der Waals surface area contributed by atoms with Gasteiger partial charge in [0.25, 0.3) is 0 Å². The molecule has 0 aliphatic carbocycles. The summed E-state index contributed by atoms with van der Waals surface area (Å²) in [6, 6.07) is -0.651. The number of unbranched alkanes of at least 4 members (excludes halogenated alkanes) is 11. The smallest absolute Gasteiger partial charge is 0.444 e. The highest BCUT2D eigenvalue weighted by atomic mass is 79.9. The van der Waals surface area contributed by atoms with Gasteiger partial charge in [-0.15, -0.1) is 0 Å². The predicted octanol–water partition coefficient (Wildman–Crippen LogP) is 8.51. The van der Waals surface area contributed by atoms with E-state index < -0.39 is 37.4 Å². The summed E-state index contributed by atoms with van der Waals surface area (Å²) in [4.78, 5) is 24.6. The average Bonchev–Trinajstić information content (AvgIpc) is 3.07. The third-order valence-electron chi connectivity index (χ3n) is 6.35. The van der Waals surface area contributed by atoms with E-state index in [-0.39, 0.29) is 13.2 Å². The fourth-order valence-corrected chi connectivity index (χ4v) is 5.68. The molecule has 1 N–H and O–H groups in total. The second kappa shape index (κ2) is 18.1. The Hall–Kier alpha value is -0.440. The van der Waals surface area contributed by atoms with E-state index in [1.807, 2.05) is 6.08 Å². The van der Waals surface area contributed by atoms with Crippen LogP contribution >= 0.6 is 23.8 Å². The Balaban J connectivity index is 2.64. The number of phosphoric ester groups is 1. The molecule has 0 radical (unpaired) electrons. The van der Waals surface area contributed by atoms with Crippen LogP contribution in [0.3, 0.4) is 0 Å². The van der Waals surface area contributed by atoms with Gasteiger partial charge in [-0.3, -0.25) is 13.9 Å². The monoisotopic (exact) mass is 625 g/mol. The van der Waals surface area contributed by atoms with Crippen molar-refractivity contribution in [2.24, 2.45) is 0 Å². The Morgan fingerprint density at radius 3 is 2.11 bits per heavy atom. The highest BCUT2D eigenvalue weighted by Crippen LogP contribution is 2.45. The van der Waals surface area contributed by atoms with Gasteiger partial charge in [0.1, 0.15) is 17.4 Å². The summed E-state index contributed by atoms with van der Waals surface area (Å²) in [6.07, 6.45) is 18.1. The van der Waals surface area contributed by atoms with Crippen molar-refractivity contribution >= 4 is 29.8 Å². The van der Waals surface area contributed by atoms with Crippen LogP contribution in [0.2, 0.25) is 0 Å². The molecule has 1 fully saturated rings. The number of hydrogen-bond donors (Lipinski definition) is 1. The van der Waals surface area contributed by atoms with E-state index >= 15 is 0 Å². The lowest BCUT2D eigenvalue weighted by Gasteiger charge is -2.35. The van der Waals surface area contributed by atoms with Crippen LogP contribution in [0.15, 0.2) is 12.2 Å². The Morgan fingerprint density at radius 2 is 1.58 bits per heavy atom. The molecule has 3 atom stereocenters. The molecule has 1 saturated heterocycles. The summed E-state index contributed by atoms with van der Waals surface area (Å²) in [6.45, 7) is 11.0. The van der Waals surface area contributed by atoms with E-state index in [0.29, 0.717) is 5.33 Å². The van der Waals surface area contributed by atoms with Gasteiger partial charge in [0.05, 0.1) is 19.3 Å². The molecule has 0 aromatic rings. The fourth-order valence-electron chi connectivity index (χ4n) is 4.53. The van der Waals surface area contributed by atoms with Crippen LogP contribution in [-0.2, 0) is 23.1 Å². The lowest BCUT2D eigenvalue weighted by Crippen LogP contribution is -2.51. The second-order valence-corrected chi connectivity index (χ2v) is 13.7. The average molecular weight is 627 g/mol. The number of rotatable bonds is 19. The van der Waals surface area contributed by atoms with Gasteiger partial charge in [0.15, 0.2) is 0 Å². The van der Waals surface area contributed by atoms with Crippen molar-refractivity contribution in [3.8, 4) is 0 Å². The number of amides is 1. The number of halogens is 1. The van der Waals surface area contributed by atoms with Crippen molar-refractivity contribution in [1.29, 1.82) is 0 Å². The number of alkyl halides is 1. The molecule has 0 bridgehead atoms. The van der Waals surface area contributed by atoms with Crippen LogP contribution < -0.4 is 0 Å². The van der Waals surface area contributed by atoms with E-state index in [9.17, 15) is 14.3 Å². The summed E-state index contributed by atoms with van der Waals surface area (Å²) >= 11 is 3.16. The third kappa shape index (κ3) is 14.8. The van der Waals surface area contributed by atoms with Crippen molar-refractivity contribution < 1.29 is 32.8 Å². The lowest BCUT2D eigenvalue weighted by atomic mass is 10.0. The first-order valence-electron chi connectivity index (χ1n) is 14.4. The minimum absolute atomic E-state index is 0.0263. The lowest BCUT2D eigenvalue weighted by molar-refractivity contribution is -0.0724. The molecule has 1 heterocycles. The normalized spacial score (nSPS) is 21.2. The number of carbonyl (C=O) groups excluding carboxylic acids is 1. The summed E-state index contributed by atoms with van der Waals surface area (Å²) in [5.41, 5.74) is -1.69. The molecule has 38 heavy (non-hydrogen) atoms. The topological polar surface area (TPSA) is 94.5 Å². The number of phosphoric acid groups is 1. The molecule has 224 valence electrons. The van der Waals surface area contributed by atoms with Crippen molar-refractivity contribution in [3.05, 3.63) is 12.2 Å². The number of carbonyl (C=O) groups is 1. The van der Waals surface area contributed by atoms with E-state index in [0.717, 1.165) is 12.8 Å². The molecule has 1 unspecified atom stereocenters. The zero-order chi connectivity index (χ0) is 28.7. The van der Waals surface area contributed by atoms with Crippen LogP contribution in [0.5, 0.6) is 0 Å².